The molecule has 1 aliphatic heterocycles. The Morgan fingerprint density at radius 3 is 1.61 bits per heavy atom. The van der Waals surface area contributed by atoms with Crippen LogP contribution in [0, 0.1) is 5.92 Å². The van der Waals surface area contributed by atoms with E-state index in [-0.39, 0.29) is 18.0 Å². The average Bonchev–Trinajstić information content (AvgIpc) is 2.90. The lowest BCUT2D eigenvalue weighted by atomic mass is 10.1. The van der Waals surface area contributed by atoms with Crippen LogP contribution >= 0.6 is 0 Å². The van der Waals surface area contributed by atoms with Gasteiger partial charge >= 0.3 is 0 Å². The third-order valence-corrected chi connectivity index (χ3v) is 7.02. The Labute approximate surface area is 140 Å². The fourth-order valence-corrected chi connectivity index (χ4v) is 6.11. The highest BCUT2D eigenvalue weighted by atomic mass is 32.2. The number of nitrogens with zero attached hydrogens (tertiary/aromatic N) is 2. The highest BCUT2D eigenvalue weighted by Crippen LogP contribution is 2.44. The van der Waals surface area contributed by atoms with Gasteiger partial charge in [0, 0.05) is 30.4 Å². The lowest BCUT2D eigenvalue weighted by Gasteiger charge is -2.50. The van der Waals surface area contributed by atoms with E-state index in [1.165, 1.54) is 0 Å². The van der Waals surface area contributed by atoms with Crippen molar-refractivity contribution in [2.24, 2.45) is 5.92 Å². The maximum absolute atomic E-state index is 13.7. The van der Waals surface area contributed by atoms with Crippen molar-refractivity contribution in [3.05, 3.63) is 42.7 Å². The Bertz CT molecular complexity index is 646. The maximum Gasteiger partial charge on any atom is 0.224 e. The second-order valence-electron chi connectivity index (χ2n) is 6.93. The molecule has 0 saturated carbocycles. The molecule has 0 amide bonds. The van der Waals surface area contributed by atoms with Crippen molar-refractivity contribution < 1.29 is 8.42 Å². The normalized spacial score (nSPS) is 17.8. The first-order valence-corrected chi connectivity index (χ1v) is 9.70. The lowest BCUT2D eigenvalue weighted by molar-refractivity contribution is 0.0251. The minimum absolute atomic E-state index is 0.0795. The van der Waals surface area contributed by atoms with E-state index in [2.05, 4.69) is 0 Å². The van der Waals surface area contributed by atoms with Gasteiger partial charge in [-0.15, -0.1) is 0 Å². The molecule has 5 heteroatoms. The zero-order chi connectivity index (χ0) is 17.4. The van der Waals surface area contributed by atoms with Crippen molar-refractivity contribution in [2.45, 2.75) is 63.5 Å². The van der Waals surface area contributed by atoms with E-state index in [1.807, 2.05) is 69.8 Å². The molecule has 2 rings (SSSR count). The zero-order valence-electron chi connectivity index (χ0n) is 14.9. The van der Waals surface area contributed by atoms with Crippen LogP contribution in [0.3, 0.4) is 0 Å². The Balaban J connectivity index is 2.75. The molecule has 0 aliphatic carbocycles. The van der Waals surface area contributed by atoms with Gasteiger partial charge < -0.3 is 9.80 Å². The third-order valence-electron chi connectivity index (χ3n) is 4.44. The predicted molar refractivity (Wildman–Crippen MR) is 94.3 cm³/mol. The van der Waals surface area contributed by atoms with Gasteiger partial charge in [0.2, 0.25) is 14.8 Å². The Hall–Kier alpha value is -1.49. The molecule has 0 saturated heterocycles. The van der Waals surface area contributed by atoms with Gasteiger partial charge in [0.05, 0.1) is 4.90 Å². The first-order chi connectivity index (χ1) is 10.7. The Morgan fingerprint density at radius 1 is 0.826 bits per heavy atom. The van der Waals surface area contributed by atoms with Crippen LogP contribution in [0.15, 0.2) is 47.6 Å². The van der Waals surface area contributed by atoms with Gasteiger partial charge in [-0.2, -0.15) is 0 Å². The third kappa shape index (κ3) is 2.55. The fraction of sp³-hybridized carbons (Fsp3) is 0.556. The highest BCUT2D eigenvalue weighted by molar-refractivity contribution is 7.92. The minimum Gasteiger partial charge on any atom is -0.338 e. The van der Waals surface area contributed by atoms with E-state index in [4.69, 9.17) is 0 Å². The number of hydrogen-bond acceptors (Lipinski definition) is 4. The molecule has 1 aliphatic rings. The SMILES string of the molecule is CC(C)N1C=CN(C(C)C)C1(C(C)C)S(=O)(=O)c1ccccc1. The van der Waals surface area contributed by atoms with E-state index in [9.17, 15) is 8.42 Å². The quantitative estimate of drug-likeness (QED) is 0.822. The molecule has 1 aromatic carbocycles. The average molecular weight is 337 g/mol. The number of hydrogen-bond donors (Lipinski definition) is 0. The van der Waals surface area contributed by atoms with Gasteiger partial charge in [0.15, 0.2) is 0 Å². The fourth-order valence-electron chi connectivity index (χ4n) is 3.53. The molecule has 0 unspecified atom stereocenters. The van der Waals surface area contributed by atoms with Crippen LogP contribution in [0.5, 0.6) is 0 Å². The van der Waals surface area contributed by atoms with Gasteiger partial charge in [-0.1, -0.05) is 32.0 Å². The van der Waals surface area contributed by atoms with Crippen molar-refractivity contribution in [1.82, 2.24) is 9.80 Å². The van der Waals surface area contributed by atoms with Gasteiger partial charge in [0.1, 0.15) is 0 Å². The first-order valence-electron chi connectivity index (χ1n) is 8.22. The predicted octanol–water partition coefficient (Wildman–Crippen LogP) is 3.68. The van der Waals surface area contributed by atoms with Gasteiger partial charge in [-0.25, -0.2) is 8.42 Å². The summed E-state index contributed by atoms with van der Waals surface area (Å²) < 4.78 is 27.4. The van der Waals surface area contributed by atoms with E-state index in [1.54, 1.807) is 24.3 Å². The van der Waals surface area contributed by atoms with Gasteiger partial charge in [0.25, 0.3) is 0 Å². The van der Waals surface area contributed by atoms with Crippen LogP contribution in [0.4, 0.5) is 0 Å². The monoisotopic (exact) mass is 336 g/mol. The molecule has 128 valence electrons. The smallest absolute Gasteiger partial charge is 0.224 e. The molecule has 0 bridgehead atoms. The summed E-state index contributed by atoms with van der Waals surface area (Å²) in [6.07, 6.45) is 3.84. The summed E-state index contributed by atoms with van der Waals surface area (Å²) in [6, 6.07) is 8.94. The summed E-state index contributed by atoms with van der Waals surface area (Å²) in [5.74, 6) is -0.104. The van der Waals surface area contributed by atoms with E-state index in [0.717, 1.165) is 0 Å². The second kappa shape index (κ2) is 6.19. The van der Waals surface area contributed by atoms with E-state index in [0.29, 0.717) is 4.90 Å². The van der Waals surface area contributed by atoms with Gasteiger partial charge in [-0.3, -0.25) is 0 Å². The molecule has 0 atom stereocenters. The maximum atomic E-state index is 13.7. The summed E-state index contributed by atoms with van der Waals surface area (Å²) in [6.45, 7) is 12.1. The lowest BCUT2D eigenvalue weighted by Crippen LogP contribution is -2.65. The topological polar surface area (TPSA) is 40.6 Å². The second-order valence-corrected chi connectivity index (χ2v) is 9.01. The summed E-state index contributed by atoms with van der Waals surface area (Å²) in [7, 11) is -3.60. The van der Waals surface area contributed by atoms with Crippen LogP contribution in [-0.4, -0.2) is 35.3 Å². The van der Waals surface area contributed by atoms with Crippen molar-refractivity contribution >= 4 is 9.84 Å². The summed E-state index contributed by atoms with van der Waals surface area (Å²) in [4.78, 5) is 3.24. The molecular weight excluding hydrogens is 308 g/mol. The summed E-state index contributed by atoms with van der Waals surface area (Å²) in [5.41, 5.74) is 0. The van der Waals surface area contributed by atoms with Crippen LogP contribution < -0.4 is 0 Å². The summed E-state index contributed by atoms with van der Waals surface area (Å²) in [5, 5.41) is 0. The molecule has 0 spiro atoms. The largest absolute Gasteiger partial charge is 0.338 e. The van der Waals surface area contributed by atoms with Gasteiger partial charge in [-0.05, 0) is 39.8 Å². The molecule has 0 fully saturated rings. The van der Waals surface area contributed by atoms with Crippen molar-refractivity contribution in [2.75, 3.05) is 0 Å². The number of rotatable bonds is 5. The molecule has 0 radical (unpaired) electrons. The van der Waals surface area contributed by atoms with Crippen LogP contribution in [-0.2, 0) is 9.84 Å². The molecule has 23 heavy (non-hydrogen) atoms. The Morgan fingerprint density at radius 2 is 1.26 bits per heavy atom. The van der Waals surface area contributed by atoms with Crippen molar-refractivity contribution in [3.8, 4) is 0 Å². The number of sulfone groups is 1. The van der Waals surface area contributed by atoms with Crippen LogP contribution in [0.2, 0.25) is 0 Å². The van der Waals surface area contributed by atoms with Crippen molar-refractivity contribution in [3.63, 3.8) is 0 Å². The van der Waals surface area contributed by atoms with Crippen LogP contribution in [0.25, 0.3) is 0 Å². The van der Waals surface area contributed by atoms with E-state index < -0.39 is 14.8 Å². The first kappa shape index (κ1) is 17.9. The Kier molecular flexibility index (Phi) is 4.81. The molecule has 4 nitrogen and oxygen atoms in total. The number of benzene rings is 1. The zero-order valence-corrected chi connectivity index (χ0v) is 15.7. The standard InChI is InChI=1S/C18H28N2O2S/c1-14(2)18(23(21,22)17-10-8-7-9-11-17)19(15(3)4)12-13-20(18)16(5)6/h7-16H,1-6H3. The van der Waals surface area contributed by atoms with E-state index >= 15 is 0 Å². The molecule has 1 heterocycles. The molecular formula is C18H28N2O2S. The molecule has 0 aromatic heterocycles. The molecule has 0 N–H and O–H groups in total. The molecule has 1 aromatic rings. The highest BCUT2D eigenvalue weighted by Gasteiger charge is 2.58. The minimum atomic E-state index is -3.60. The summed E-state index contributed by atoms with van der Waals surface area (Å²) >= 11 is 0. The van der Waals surface area contributed by atoms with Crippen LogP contribution in [0.1, 0.15) is 41.5 Å². The van der Waals surface area contributed by atoms with Crippen molar-refractivity contribution in [1.29, 1.82) is 0 Å².